The Bertz CT molecular complexity index is 850. The number of anilines is 1. The van der Waals surface area contributed by atoms with Gasteiger partial charge in [0.2, 0.25) is 0 Å². The van der Waals surface area contributed by atoms with Crippen LogP contribution in [0.3, 0.4) is 0 Å². The summed E-state index contributed by atoms with van der Waals surface area (Å²) in [5.74, 6) is -0.150. The second-order valence-corrected chi connectivity index (χ2v) is 6.80. The van der Waals surface area contributed by atoms with Gasteiger partial charge in [0, 0.05) is 5.69 Å². The minimum Gasteiger partial charge on any atom is -0.484 e. The van der Waals surface area contributed by atoms with Crippen LogP contribution in [0.5, 0.6) is 5.75 Å². The summed E-state index contributed by atoms with van der Waals surface area (Å²) in [6.45, 7) is 1.85. The van der Waals surface area contributed by atoms with Crippen molar-refractivity contribution >= 4 is 29.2 Å². The molecule has 1 aliphatic carbocycles. The van der Waals surface area contributed by atoms with Gasteiger partial charge in [-0.15, -0.1) is 0 Å². The Morgan fingerprint density at radius 1 is 1.07 bits per heavy atom. The molecule has 0 unspecified atom stereocenters. The fourth-order valence-electron chi connectivity index (χ4n) is 3.11. The highest BCUT2D eigenvalue weighted by Crippen LogP contribution is 2.25. The molecule has 1 N–H and O–H groups in total. The van der Waals surface area contributed by atoms with E-state index >= 15 is 0 Å². The molecule has 0 radical (unpaired) electrons. The van der Waals surface area contributed by atoms with Crippen molar-refractivity contribution in [3.63, 3.8) is 0 Å². The van der Waals surface area contributed by atoms with Gasteiger partial charge in [-0.25, -0.2) is 4.79 Å². The zero-order chi connectivity index (χ0) is 19.2. The Balaban J connectivity index is 1.59. The topological polar surface area (TPSA) is 64.6 Å². The van der Waals surface area contributed by atoms with E-state index in [1.54, 1.807) is 19.1 Å². The molecule has 0 fully saturated rings. The number of fused-ring (bicyclic) bond motifs is 1. The normalized spacial score (nSPS) is 12.8. The van der Waals surface area contributed by atoms with Gasteiger partial charge < -0.3 is 14.8 Å². The lowest BCUT2D eigenvalue weighted by Crippen LogP contribution is -2.20. The van der Waals surface area contributed by atoms with E-state index in [-0.39, 0.29) is 29.7 Å². The molecule has 0 spiro atoms. The Hall–Kier alpha value is -2.53. The first-order valence-electron chi connectivity index (χ1n) is 9.08. The number of aryl methyl sites for hydroxylation is 2. The van der Waals surface area contributed by atoms with Crippen LogP contribution in [-0.2, 0) is 22.4 Å². The van der Waals surface area contributed by atoms with E-state index in [0.29, 0.717) is 11.4 Å². The van der Waals surface area contributed by atoms with Crippen LogP contribution in [-0.4, -0.2) is 25.1 Å². The van der Waals surface area contributed by atoms with Crippen LogP contribution in [0.15, 0.2) is 36.4 Å². The number of carbonyl (C=O) groups is 2. The van der Waals surface area contributed by atoms with Gasteiger partial charge in [0.15, 0.2) is 6.61 Å². The largest absolute Gasteiger partial charge is 0.484 e. The van der Waals surface area contributed by atoms with Crippen molar-refractivity contribution in [3.05, 3.63) is 58.1 Å². The first-order chi connectivity index (χ1) is 13.1. The van der Waals surface area contributed by atoms with Crippen LogP contribution in [0.2, 0.25) is 5.02 Å². The first kappa shape index (κ1) is 19.2. The average molecular weight is 388 g/mol. The highest BCUT2D eigenvalue weighted by Gasteiger charge is 2.14. The van der Waals surface area contributed by atoms with Gasteiger partial charge in [-0.3, -0.25) is 4.79 Å². The van der Waals surface area contributed by atoms with Crippen LogP contribution in [0.25, 0.3) is 0 Å². The molecule has 6 heteroatoms. The summed E-state index contributed by atoms with van der Waals surface area (Å²) >= 11 is 6.02. The summed E-state index contributed by atoms with van der Waals surface area (Å²) in [4.78, 5) is 24.1. The minimum absolute atomic E-state index is 0.115. The average Bonchev–Trinajstić information content (AvgIpc) is 2.68. The number of amides is 1. The smallest absolute Gasteiger partial charge is 0.339 e. The van der Waals surface area contributed by atoms with Crippen molar-refractivity contribution in [2.75, 3.05) is 18.5 Å². The number of esters is 1. The van der Waals surface area contributed by atoms with E-state index < -0.39 is 5.97 Å². The van der Waals surface area contributed by atoms with E-state index in [2.05, 4.69) is 11.4 Å². The summed E-state index contributed by atoms with van der Waals surface area (Å²) in [6, 6.07) is 10.7. The third-order valence-electron chi connectivity index (χ3n) is 4.44. The Kier molecular flexibility index (Phi) is 6.35. The van der Waals surface area contributed by atoms with Crippen LogP contribution < -0.4 is 10.1 Å². The number of rotatable bonds is 6. The van der Waals surface area contributed by atoms with E-state index in [0.717, 1.165) is 12.8 Å². The van der Waals surface area contributed by atoms with Gasteiger partial charge in [-0.1, -0.05) is 17.7 Å². The van der Waals surface area contributed by atoms with Crippen molar-refractivity contribution in [2.24, 2.45) is 0 Å². The molecule has 0 aliphatic heterocycles. The van der Waals surface area contributed by atoms with Crippen molar-refractivity contribution in [1.82, 2.24) is 0 Å². The van der Waals surface area contributed by atoms with Crippen LogP contribution in [0, 0.1) is 0 Å². The molecule has 1 aliphatic rings. The Labute approximate surface area is 163 Å². The van der Waals surface area contributed by atoms with E-state index in [1.165, 1.54) is 30.0 Å². The van der Waals surface area contributed by atoms with Crippen LogP contribution >= 0.6 is 11.6 Å². The number of halogens is 1. The fraction of sp³-hybridized carbons (Fsp3) is 0.333. The van der Waals surface area contributed by atoms with Crippen molar-refractivity contribution < 1.29 is 19.1 Å². The third kappa shape index (κ3) is 5.01. The summed E-state index contributed by atoms with van der Waals surface area (Å²) in [5, 5.41) is 2.98. The van der Waals surface area contributed by atoms with Crippen molar-refractivity contribution in [1.29, 1.82) is 0 Å². The number of hydrogen-bond donors (Lipinski definition) is 1. The first-order valence-corrected chi connectivity index (χ1v) is 9.45. The van der Waals surface area contributed by atoms with Gasteiger partial charge in [0.1, 0.15) is 5.75 Å². The monoisotopic (exact) mass is 387 g/mol. The molecule has 2 aromatic rings. The number of hydrogen-bond acceptors (Lipinski definition) is 4. The maximum atomic E-state index is 12.2. The predicted molar refractivity (Wildman–Crippen MR) is 105 cm³/mol. The maximum absolute atomic E-state index is 12.2. The highest BCUT2D eigenvalue weighted by molar-refractivity contribution is 6.33. The third-order valence-corrected chi connectivity index (χ3v) is 4.76. The number of carbonyl (C=O) groups excluding carboxylic acids is 2. The Morgan fingerprint density at radius 3 is 2.63 bits per heavy atom. The number of nitrogens with one attached hydrogen (secondary N) is 1. The molecule has 5 nitrogen and oxygen atoms in total. The van der Waals surface area contributed by atoms with Gasteiger partial charge >= 0.3 is 5.97 Å². The lowest BCUT2D eigenvalue weighted by atomic mass is 9.92. The lowest BCUT2D eigenvalue weighted by molar-refractivity contribution is -0.118. The number of ether oxygens (including phenoxy) is 2. The molecule has 0 aromatic heterocycles. The van der Waals surface area contributed by atoms with Crippen molar-refractivity contribution in [3.8, 4) is 5.75 Å². The molecule has 3 rings (SSSR count). The Morgan fingerprint density at radius 2 is 1.85 bits per heavy atom. The molecule has 0 heterocycles. The lowest BCUT2D eigenvalue weighted by Gasteiger charge is -2.16. The molecular weight excluding hydrogens is 366 g/mol. The second kappa shape index (κ2) is 8.91. The van der Waals surface area contributed by atoms with Crippen LogP contribution in [0.4, 0.5) is 5.69 Å². The molecule has 0 saturated heterocycles. The molecule has 0 atom stereocenters. The van der Waals surface area contributed by atoms with E-state index in [1.807, 2.05) is 12.1 Å². The molecule has 27 heavy (non-hydrogen) atoms. The van der Waals surface area contributed by atoms with Gasteiger partial charge in [-0.05, 0) is 74.1 Å². The fourth-order valence-corrected chi connectivity index (χ4v) is 3.31. The predicted octanol–water partition coefficient (Wildman–Crippen LogP) is 4.41. The zero-order valence-electron chi connectivity index (χ0n) is 15.2. The maximum Gasteiger partial charge on any atom is 0.339 e. The van der Waals surface area contributed by atoms with Gasteiger partial charge in [0.25, 0.3) is 5.91 Å². The summed E-state index contributed by atoms with van der Waals surface area (Å²) < 4.78 is 10.6. The summed E-state index contributed by atoms with van der Waals surface area (Å²) in [7, 11) is 0. The molecule has 1 amide bonds. The quantitative estimate of drug-likeness (QED) is 0.745. The zero-order valence-corrected chi connectivity index (χ0v) is 16.0. The molecule has 2 aromatic carbocycles. The van der Waals surface area contributed by atoms with Gasteiger partial charge in [-0.2, -0.15) is 0 Å². The molecule has 0 saturated carbocycles. The van der Waals surface area contributed by atoms with E-state index in [4.69, 9.17) is 21.1 Å². The van der Waals surface area contributed by atoms with Crippen LogP contribution in [0.1, 0.15) is 41.3 Å². The summed E-state index contributed by atoms with van der Waals surface area (Å²) in [6.07, 6.45) is 4.58. The summed E-state index contributed by atoms with van der Waals surface area (Å²) in [5.41, 5.74) is 3.34. The standard InChI is InChI=1S/C21H22ClNO4/c1-2-26-21(25)18-12-16(8-10-19(18)22)23-20(24)13-27-17-9-7-14-5-3-4-6-15(14)11-17/h7-12H,2-6,13H2,1H3,(H,23,24). The molecule has 0 bridgehead atoms. The van der Waals surface area contributed by atoms with Crippen molar-refractivity contribution in [2.45, 2.75) is 32.6 Å². The van der Waals surface area contributed by atoms with Gasteiger partial charge in [0.05, 0.1) is 17.2 Å². The number of benzene rings is 2. The molecular formula is C21H22ClNO4. The SMILES string of the molecule is CCOC(=O)c1cc(NC(=O)COc2ccc3c(c2)CCCC3)ccc1Cl. The minimum atomic E-state index is -0.524. The second-order valence-electron chi connectivity index (χ2n) is 6.39. The van der Waals surface area contributed by atoms with E-state index in [9.17, 15) is 9.59 Å². The molecule has 142 valence electrons. The highest BCUT2D eigenvalue weighted by atomic mass is 35.5.